The third kappa shape index (κ3) is 2.42. The van der Waals surface area contributed by atoms with Crippen LogP contribution in [0.5, 0.6) is 0 Å². The Morgan fingerprint density at radius 1 is 1.33 bits per heavy atom. The average molecular weight is 256 g/mol. The second-order valence-corrected chi connectivity index (χ2v) is 5.01. The van der Waals surface area contributed by atoms with Gasteiger partial charge in [-0.25, -0.2) is 0 Å². The van der Waals surface area contributed by atoms with E-state index in [1.807, 2.05) is 0 Å². The smallest absolute Gasteiger partial charge is 0.312 e. The minimum Gasteiger partial charge on any atom is -0.466 e. The van der Waals surface area contributed by atoms with E-state index in [2.05, 4.69) is 0 Å². The Balaban J connectivity index is 2.18. The zero-order valence-electron chi connectivity index (χ0n) is 10.8. The molecule has 0 aromatic rings. The van der Waals surface area contributed by atoms with Crippen LogP contribution in [0.15, 0.2) is 0 Å². The van der Waals surface area contributed by atoms with Crippen molar-refractivity contribution in [2.75, 3.05) is 19.8 Å². The summed E-state index contributed by atoms with van der Waals surface area (Å²) in [7, 11) is 0. The summed E-state index contributed by atoms with van der Waals surface area (Å²) in [6.07, 6.45) is 3.67. The van der Waals surface area contributed by atoms with Crippen LogP contribution in [0.4, 0.5) is 0 Å². The molecule has 1 saturated carbocycles. The molecule has 0 aromatic carbocycles. The van der Waals surface area contributed by atoms with Crippen LogP contribution in [0.25, 0.3) is 0 Å². The first kappa shape index (κ1) is 13.5. The molecular weight excluding hydrogens is 236 g/mol. The monoisotopic (exact) mass is 256 g/mol. The zero-order valence-corrected chi connectivity index (χ0v) is 10.8. The average Bonchev–Trinajstić information content (AvgIpc) is 2.78. The Hall–Kier alpha value is -0.940. The fourth-order valence-corrected chi connectivity index (χ4v) is 3.01. The summed E-state index contributed by atoms with van der Waals surface area (Å²) in [5.74, 6) is -0.969. The summed E-state index contributed by atoms with van der Waals surface area (Å²) in [5.41, 5.74) is -0.764. The molecule has 0 radical (unpaired) electrons. The number of ether oxygens (including phenoxy) is 3. The van der Waals surface area contributed by atoms with Crippen LogP contribution < -0.4 is 0 Å². The standard InChI is InChI=1S/C13H20O5/c1-2-16-11(15)12(6-7-14)4-3-5-13(10-12)17-8-9-18-13/h7H,2-6,8-10H2,1H3/t12-/m0/s1. The number of hydrogen-bond acceptors (Lipinski definition) is 5. The van der Waals surface area contributed by atoms with Crippen LogP contribution in [0, 0.1) is 5.41 Å². The highest BCUT2D eigenvalue weighted by Crippen LogP contribution is 2.48. The van der Waals surface area contributed by atoms with E-state index in [0.29, 0.717) is 32.7 Å². The van der Waals surface area contributed by atoms with E-state index in [1.165, 1.54) is 0 Å². The lowest BCUT2D eigenvalue weighted by Crippen LogP contribution is -2.47. The summed E-state index contributed by atoms with van der Waals surface area (Å²) in [4.78, 5) is 23.1. The molecule has 0 unspecified atom stereocenters. The third-order valence-corrected chi connectivity index (χ3v) is 3.82. The number of esters is 1. The minimum absolute atomic E-state index is 0.181. The molecule has 2 aliphatic rings. The second kappa shape index (κ2) is 5.36. The van der Waals surface area contributed by atoms with E-state index >= 15 is 0 Å². The molecule has 1 aliphatic carbocycles. The quantitative estimate of drug-likeness (QED) is 0.562. The molecule has 0 aromatic heterocycles. The summed E-state index contributed by atoms with van der Waals surface area (Å²) in [6.45, 7) is 3.21. The maximum atomic E-state index is 12.2. The maximum absolute atomic E-state index is 12.2. The van der Waals surface area contributed by atoms with Gasteiger partial charge in [0.25, 0.3) is 0 Å². The van der Waals surface area contributed by atoms with Gasteiger partial charge in [0.1, 0.15) is 6.29 Å². The third-order valence-electron chi connectivity index (χ3n) is 3.82. The van der Waals surface area contributed by atoms with Crippen molar-refractivity contribution in [2.24, 2.45) is 5.41 Å². The van der Waals surface area contributed by atoms with Crippen molar-refractivity contribution in [3.8, 4) is 0 Å². The van der Waals surface area contributed by atoms with Crippen LogP contribution in [0.2, 0.25) is 0 Å². The Morgan fingerprint density at radius 3 is 2.67 bits per heavy atom. The van der Waals surface area contributed by atoms with E-state index in [9.17, 15) is 9.59 Å². The molecule has 102 valence electrons. The number of carbonyl (C=O) groups excluding carboxylic acids is 2. The lowest BCUT2D eigenvalue weighted by atomic mass is 9.69. The van der Waals surface area contributed by atoms with Crippen molar-refractivity contribution in [1.82, 2.24) is 0 Å². The van der Waals surface area contributed by atoms with Crippen LogP contribution in [0.3, 0.4) is 0 Å². The molecule has 2 rings (SSSR count). The van der Waals surface area contributed by atoms with Crippen molar-refractivity contribution in [3.63, 3.8) is 0 Å². The second-order valence-electron chi connectivity index (χ2n) is 5.01. The Bertz CT molecular complexity index is 321. The van der Waals surface area contributed by atoms with Gasteiger partial charge in [-0.3, -0.25) is 4.79 Å². The maximum Gasteiger partial charge on any atom is 0.312 e. The van der Waals surface area contributed by atoms with Crippen LogP contribution in [-0.2, 0) is 23.8 Å². The van der Waals surface area contributed by atoms with Crippen LogP contribution >= 0.6 is 0 Å². The first-order valence-electron chi connectivity index (χ1n) is 6.55. The molecule has 0 bridgehead atoms. The SMILES string of the molecule is CCOC(=O)[C@]1(CC=O)CCCC2(C1)OCCO2. The normalized spacial score (nSPS) is 30.3. The molecule has 18 heavy (non-hydrogen) atoms. The van der Waals surface area contributed by atoms with Crippen molar-refractivity contribution in [1.29, 1.82) is 0 Å². The van der Waals surface area contributed by atoms with Gasteiger partial charge in [-0.15, -0.1) is 0 Å². The van der Waals surface area contributed by atoms with E-state index in [1.54, 1.807) is 6.92 Å². The number of rotatable bonds is 4. The molecule has 5 nitrogen and oxygen atoms in total. The molecular formula is C13H20O5. The molecule has 1 atom stereocenters. The predicted molar refractivity (Wildman–Crippen MR) is 62.9 cm³/mol. The van der Waals surface area contributed by atoms with Crippen molar-refractivity contribution in [3.05, 3.63) is 0 Å². The summed E-state index contributed by atoms with van der Waals surface area (Å²) >= 11 is 0. The van der Waals surface area contributed by atoms with Gasteiger partial charge in [0.15, 0.2) is 5.79 Å². The number of carbonyl (C=O) groups is 2. The molecule has 1 saturated heterocycles. The minimum atomic E-state index is -0.764. The highest BCUT2D eigenvalue weighted by atomic mass is 16.7. The fraction of sp³-hybridized carbons (Fsp3) is 0.846. The Kier molecular flexibility index (Phi) is 4.02. The zero-order chi connectivity index (χ0) is 13.1. The van der Waals surface area contributed by atoms with Gasteiger partial charge in [-0.1, -0.05) is 0 Å². The van der Waals surface area contributed by atoms with Crippen molar-refractivity contribution < 1.29 is 23.8 Å². The van der Waals surface area contributed by atoms with Crippen LogP contribution in [0.1, 0.15) is 39.0 Å². The van der Waals surface area contributed by atoms with Gasteiger partial charge in [-0.2, -0.15) is 0 Å². The van der Waals surface area contributed by atoms with E-state index in [-0.39, 0.29) is 12.4 Å². The summed E-state index contributed by atoms with van der Waals surface area (Å²) < 4.78 is 16.5. The van der Waals surface area contributed by atoms with Gasteiger partial charge >= 0.3 is 5.97 Å². The topological polar surface area (TPSA) is 61.8 Å². The Morgan fingerprint density at radius 2 is 2.06 bits per heavy atom. The molecule has 2 fully saturated rings. The highest BCUT2D eigenvalue weighted by molar-refractivity contribution is 5.80. The molecule has 1 spiro atoms. The number of aldehydes is 1. The molecule has 0 N–H and O–H groups in total. The first-order valence-corrected chi connectivity index (χ1v) is 6.55. The van der Waals surface area contributed by atoms with Gasteiger partial charge in [-0.05, 0) is 19.8 Å². The van der Waals surface area contributed by atoms with E-state index in [0.717, 1.165) is 19.1 Å². The first-order chi connectivity index (χ1) is 8.66. The van der Waals surface area contributed by atoms with Gasteiger partial charge in [0.05, 0.1) is 25.2 Å². The predicted octanol–water partition coefficient (Wildman–Crippen LogP) is 1.44. The lowest BCUT2D eigenvalue weighted by Gasteiger charge is -2.42. The summed E-state index contributed by atoms with van der Waals surface area (Å²) in [6, 6.07) is 0. The number of hydrogen-bond donors (Lipinski definition) is 0. The van der Waals surface area contributed by atoms with E-state index < -0.39 is 11.2 Å². The van der Waals surface area contributed by atoms with E-state index in [4.69, 9.17) is 14.2 Å². The van der Waals surface area contributed by atoms with Crippen LogP contribution in [-0.4, -0.2) is 37.9 Å². The largest absolute Gasteiger partial charge is 0.466 e. The Labute approximate surface area is 107 Å². The fourth-order valence-electron chi connectivity index (χ4n) is 3.01. The molecule has 1 aliphatic heterocycles. The molecule has 5 heteroatoms. The highest BCUT2D eigenvalue weighted by Gasteiger charge is 2.52. The molecule has 0 amide bonds. The lowest BCUT2D eigenvalue weighted by molar-refractivity contribution is -0.211. The summed E-state index contributed by atoms with van der Waals surface area (Å²) in [5, 5.41) is 0. The van der Waals surface area contributed by atoms with Gasteiger partial charge < -0.3 is 19.0 Å². The van der Waals surface area contributed by atoms with Gasteiger partial charge in [0.2, 0.25) is 0 Å². The molecule has 1 heterocycles. The van der Waals surface area contributed by atoms with Crippen molar-refractivity contribution in [2.45, 2.75) is 44.8 Å². The van der Waals surface area contributed by atoms with Gasteiger partial charge in [0, 0.05) is 19.3 Å². The van der Waals surface area contributed by atoms with Crippen molar-refractivity contribution >= 4 is 12.3 Å².